The van der Waals surface area contributed by atoms with E-state index in [-0.39, 0.29) is 17.6 Å². The van der Waals surface area contributed by atoms with Crippen molar-refractivity contribution in [2.24, 2.45) is 0 Å². The molecule has 152 valence electrons. The first-order valence-electron chi connectivity index (χ1n) is 10.1. The van der Waals surface area contributed by atoms with Crippen LogP contribution < -0.4 is 14.8 Å². The van der Waals surface area contributed by atoms with Gasteiger partial charge >= 0.3 is 0 Å². The molecule has 0 unspecified atom stereocenters. The van der Waals surface area contributed by atoms with Crippen molar-refractivity contribution in [3.8, 4) is 11.5 Å². The summed E-state index contributed by atoms with van der Waals surface area (Å²) in [5, 5.41) is 5.66. The summed E-state index contributed by atoms with van der Waals surface area (Å²) in [5.41, 5.74) is 5.04. The van der Waals surface area contributed by atoms with Gasteiger partial charge < -0.3 is 14.8 Å². The first kappa shape index (κ1) is 18.9. The van der Waals surface area contributed by atoms with E-state index in [2.05, 4.69) is 35.0 Å². The smallest absolute Gasteiger partial charge is 0.162 e. The number of ether oxygens (including phenoxy) is 2. The Morgan fingerprint density at radius 1 is 0.967 bits per heavy atom. The highest BCUT2D eigenvalue weighted by molar-refractivity contribution is 7.10. The van der Waals surface area contributed by atoms with Gasteiger partial charge in [0.1, 0.15) is 0 Å². The third kappa shape index (κ3) is 3.10. The van der Waals surface area contributed by atoms with Crippen LogP contribution in [0.25, 0.3) is 0 Å². The van der Waals surface area contributed by atoms with Gasteiger partial charge in [0.2, 0.25) is 0 Å². The summed E-state index contributed by atoms with van der Waals surface area (Å²) >= 11 is 1.73. The second-order valence-corrected chi connectivity index (χ2v) is 8.68. The average molecular weight is 418 g/mol. The van der Waals surface area contributed by atoms with Gasteiger partial charge in [-0.3, -0.25) is 4.79 Å². The molecule has 3 aromatic rings. The molecule has 1 aliphatic heterocycles. The quantitative estimate of drug-likeness (QED) is 0.589. The van der Waals surface area contributed by atoms with Crippen LogP contribution >= 0.6 is 11.3 Å². The van der Waals surface area contributed by atoms with E-state index in [4.69, 9.17) is 9.47 Å². The number of nitrogens with one attached hydrogen (secondary N) is 1. The number of ketones is 1. The lowest BCUT2D eigenvalue weighted by Crippen LogP contribution is -2.29. The zero-order chi connectivity index (χ0) is 20.7. The van der Waals surface area contributed by atoms with Gasteiger partial charge in [-0.2, -0.15) is 0 Å². The summed E-state index contributed by atoms with van der Waals surface area (Å²) in [4.78, 5) is 14.7. The number of hydrogen-bond acceptors (Lipinski definition) is 5. The highest BCUT2D eigenvalue weighted by atomic mass is 32.1. The third-order valence-electron chi connectivity index (χ3n) is 6.03. The maximum atomic E-state index is 13.5. The molecule has 0 radical (unpaired) electrons. The highest BCUT2D eigenvalue weighted by Gasteiger charge is 2.39. The molecule has 30 heavy (non-hydrogen) atoms. The molecule has 0 fully saturated rings. The monoisotopic (exact) mass is 417 g/mol. The van der Waals surface area contributed by atoms with Crippen molar-refractivity contribution in [2.75, 3.05) is 19.5 Å². The van der Waals surface area contributed by atoms with Crippen LogP contribution in [0.4, 0.5) is 5.69 Å². The lowest BCUT2D eigenvalue weighted by Gasteiger charge is -2.36. The Bertz CT molecular complexity index is 1120. The van der Waals surface area contributed by atoms with Crippen molar-refractivity contribution in [1.82, 2.24) is 0 Å². The topological polar surface area (TPSA) is 47.6 Å². The first-order valence-corrected chi connectivity index (χ1v) is 10.9. The molecule has 2 aromatic carbocycles. The van der Waals surface area contributed by atoms with Crippen LogP contribution in [0.3, 0.4) is 0 Å². The molecule has 4 nitrogen and oxygen atoms in total. The Kier molecular flexibility index (Phi) is 4.83. The molecule has 2 heterocycles. The van der Waals surface area contributed by atoms with Crippen molar-refractivity contribution in [3.05, 3.63) is 87.3 Å². The molecule has 1 N–H and O–H groups in total. The largest absolute Gasteiger partial charge is 0.493 e. The maximum absolute atomic E-state index is 13.5. The van der Waals surface area contributed by atoms with Crippen LogP contribution in [0.5, 0.6) is 11.5 Å². The van der Waals surface area contributed by atoms with Crippen LogP contribution in [0.1, 0.15) is 40.7 Å². The third-order valence-corrected chi connectivity index (χ3v) is 7.06. The van der Waals surface area contributed by atoms with Gasteiger partial charge in [0.15, 0.2) is 17.3 Å². The van der Waals surface area contributed by atoms with Crippen molar-refractivity contribution < 1.29 is 14.3 Å². The molecule has 1 aromatic heterocycles. The summed E-state index contributed by atoms with van der Waals surface area (Å²) in [7, 11) is 3.28. The number of methoxy groups -OCH3 is 2. The number of fused-ring (bicyclic) bond motifs is 1. The van der Waals surface area contributed by atoms with E-state index in [0.717, 1.165) is 34.5 Å². The highest BCUT2D eigenvalue weighted by Crippen LogP contribution is 2.50. The molecular weight excluding hydrogens is 394 g/mol. The zero-order valence-electron chi connectivity index (χ0n) is 17.0. The van der Waals surface area contributed by atoms with Gasteiger partial charge in [-0.1, -0.05) is 36.4 Å². The van der Waals surface area contributed by atoms with E-state index < -0.39 is 0 Å². The summed E-state index contributed by atoms with van der Waals surface area (Å²) in [6.45, 7) is 0. The van der Waals surface area contributed by atoms with Crippen LogP contribution in [-0.2, 0) is 4.79 Å². The van der Waals surface area contributed by atoms with Gasteiger partial charge in [0, 0.05) is 46.2 Å². The van der Waals surface area contributed by atoms with Crippen molar-refractivity contribution >= 4 is 22.8 Å². The van der Waals surface area contributed by atoms with Gasteiger partial charge in [-0.15, -0.1) is 11.3 Å². The van der Waals surface area contributed by atoms with Crippen LogP contribution in [-0.4, -0.2) is 20.0 Å². The predicted molar refractivity (Wildman–Crippen MR) is 120 cm³/mol. The molecule has 5 rings (SSSR count). The van der Waals surface area contributed by atoms with Crippen molar-refractivity contribution in [2.45, 2.75) is 24.7 Å². The minimum absolute atomic E-state index is 0.117. The Morgan fingerprint density at radius 2 is 1.73 bits per heavy atom. The number of allylic oxidation sites excluding steroid dienone is 2. The van der Waals surface area contributed by atoms with Gasteiger partial charge in [0.05, 0.1) is 14.2 Å². The molecule has 0 saturated carbocycles. The Labute approximate surface area is 180 Å². The van der Waals surface area contributed by atoms with E-state index in [1.165, 1.54) is 4.88 Å². The predicted octanol–water partition coefficient (Wildman–Crippen LogP) is 5.72. The maximum Gasteiger partial charge on any atom is 0.162 e. The zero-order valence-corrected chi connectivity index (χ0v) is 17.8. The Hall–Kier alpha value is -3.05. The molecule has 1 aliphatic carbocycles. The lowest BCUT2D eigenvalue weighted by molar-refractivity contribution is -0.116. The molecule has 0 spiro atoms. The Balaban J connectivity index is 1.67. The second-order valence-electron chi connectivity index (χ2n) is 7.70. The minimum Gasteiger partial charge on any atom is -0.493 e. The van der Waals surface area contributed by atoms with Gasteiger partial charge in [0.25, 0.3) is 0 Å². The number of thiophene rings is 1. The molecular formula is C25H23NO3S. The number of benzene rings is 2. The summed E-state index contributed by atoms with van der Waals surface area (Å²) < 4.78 is 11.1. The van der Waals surface area contributed by atoms with Gasteiger partial charge in [-0.25, -0.2) is 0 Å². The molecule has 0 saturated heterocycles. The lowest BCUT2D eigenvalue weighted by atomic mass is 9.73. The second kappa shape index (κ2) is 7.65. The van der Waals surface area contributed by atoms with Crippen LogP contribution in [0.15, 0.2) is 71.2 Å². The van der Waals surface area contributed by atoms with Crippen LogP contribution in [0.2, 0.25) is 0 Å². The minimum atomic E-state index is -0.117. The molecule has 0 amide bonds. The Morgan fingerprint density at radius 3 is 2.43 bits per heavy atom. The number of rotatable bonds is 4. The normalized spacial score (nSPS) is 20.3. The summed E-state index contributed by atoms with van der Waals surface area (Å²) in [5.74, 6) is 1.67. The SMILES string of the molecule is COc1cc2c(cc1OC)[C@H](c1ccccc1)C1=C(C[C@@H](c3cccs3)CC1=O)N2. The number of Topliss-reactive ketones (excluding diaryl/α,β-unsaturated/α-hetero) is 1. The van der Waals surface area contributed by atoms with E-state index in [1.54, 1.807) is 25.6 Å². The average Bonchev–Trinajstić information content (AvgIpc) is 3.32. The molecule has 2 aliphatic rings. The van der Waals surface area contributed by atoms with Crippen LogP contribution in [0, 0.1) is 0 Å². The number of carbonyl (C=O) groups excluding carboxylic acids is 1. The fraction of sp³-hybridized carbons (Fsp3) is 0.240. The first-order chi connectivity index (χ1) is 14.7. The van der Waals surface area contributed by atoms with Crippen molar-refractivity contribution in [3.63, 3.8) is 0 Å². The standard InChI is InChI=1S/C25H23NO3S/c1-28-21-13-17-18(14-22(21)29-2)26-19-11-16(23-9-6-10-30-23)12-20(27)25(19)24(17)15-7-4-3-5-8-15/h3-10,13-14,16,24,26H,11-12H2,1-2H3/t16-,24+/m1/s1. The van der Waals surface area contributed by atoms with E-state index in [1.807, 2.05) is 30.3 Å². The molecule has 0 bridgehead atoms. The van der Waals surface area contributed by atoms with E-state index in [0.29, 0.717) is 17.9 Å². The number of hydrogen-bond donors (Lipinski definition) is 1. The summed E-state index contributed by atoms with van der Waals surface area (Å²) in [6, 6.07) is 18.4. The number of anilines is 1. The molecule has 5 heteroatoms. The summed E-state index contributed by atoms with van der Waals surface area (Å²) in [6.07, 6.45) is 1.38. The van der Waals surface area contributed by atoms with Gasteiger partial charge in [-0.05, 0) is 35.1 Å². The van der Waals surface area contributed by atoms with E-state index in [9.17, 15) is 4.79 Å². The fourth-order valence-corrected chi connectivity index (χ4v) is 5.49. The molecule has 2 atom stereocenters. The fourth-order valence-electron chi connectivity index (χ4n) is 4.66. The van der Waals surface area contributed by atoms with Crippen molar-refractivity contribution in [1.29, 1.82) is 0 Å². The number of carbonyl (C=O) groups is 1. The van der Waals surface area contributed by atoms with E-state index >= 15 is 0 Å².